The molecule has 2 N–H and O–H groups in total. The number of carboxylic acids is 1. The van der Waals surface area contributed by atoms with Crippen LogP contribution in [-0.2, 0) is 14.3 Å². The smallest absolute Gasteiger partial charge is 0.407 e. The molecule has 0 bridgehead atoms. The molecule has 0 radical (unpaired) electrons. The van der Waals surface area contributed by atoms with Crippen LogP contribution >= 0.6 is 0 Å². The zero-order valence-corrected chi connectivity index (χ0v) is 19.3. The first kappa shape index (κ1) is 24.6. The molecule has 2 aromatic rings. The molecular formula is C26H28F2N2O5. The third-order valence-electron chi connectivity index (χ3n) is 6.86. The number of aliphatic carboxylic acids is 1. The lowest BCUT2D eigenvalue weighted by molar-refractivity contribution is -0.148. The predicted molar refractivity (Wildman–Crippen MR) is 124 cm³/mol. The Morgan fingerprint density at radius 1 is 1.06 bits per heavy atom. The van der Waals surface area contributed by atoms with E-state index in [-0.39, 0.29) is 25.1 Å². The first-order valence-corrected chi connectivity index (χ1v) is 11.7. The summed E-state index contributed by atoms with van der Waals surface area (Å²) in [5, 5.41) is 11.6. The lowest BCUT2D eigenvalue weighted by Crippen LogP contribution is -2.55. The minimum absolute atomic E-state index is 0.0172. The fourth-order valence-electron chi connectivity index (χ4n) is 5.00. The highest BCUT2D eigenvalue weighted by molar-refractivity contribution is 5.86. The van der Waals surface area contributed by atoms with Crippen LogP contribution in [0.15, 0.2) is 48.5 Å². The minimum Gasteiger partial charge on any atom is -0.481 e. The number of carboxylic acid groups (broad SMARTS) is 1. The maximum absolute atomic E-state index is 13.3. The number of alkyl carbamates (subject to hydrolysis) is 1. The molecule has 35 heavy (non-hydrogen) atoms. The Morgan fingerprint density at radius 2 is 1.66 bits per heavy atom. The molecular weight excluding hydrogens is 458 g/mol. The van der Waals surface area contributed by atoms with Gasteiger partial charge >= 0.3 is 12.1 Å². The zero-order chi connectivity index (χ0) is 25.1. The zero-order valence-electron chi connectivity index (χ0n) is 19.3. The molecule has 2 aromatic carbocycles. The van der Waals surface area contributed by atoms with Crippen LogP contribution < -0.4 is 5.32 Å². The summed E-state index contributed by atoms with van der Waals surface area (Å²) in [7, 11) is 0. The monoisotopic (exact) mass is 486 g/mol. The number of benzene rings is 2. The number of hydrogen-bond donors (Lipinski definition) is 2. The van der Waals surface area contributed by atoms with Crippen LogP contribution in [0.1, 0.15) is 43.2 Å². The van der Waals surface area contributed by atoms with Crippen LogP contribution in [0.4, 0.5) is 13.6 Å². The number of ether oxygens (including phenoxy) is 1. The topological polar surface area (TPSA) is 95.9 Å². The molecule has 9 heteroatoms. The van der Waals surface area contributed by atoms with Gasteiger partial charge in [-0.1, -0.05) is 48.5 Å². The summed E-state index contributed by atoms with van der Waals surface area (Å²) in [6.07, 6.45) is -3.85. The van der Waals surface area contributed by atoms with Crippen molar-refractivity contribution in [3.8, 4) is 11.1 Å². The molecule has 186 valence electrons. The van der Waals surface area contributed by atoms with Crippen molar-refractivity contribution in [2.75, 3.05) is 13.2 Å². The van der Waals surface area contributed by atoms with E-state index in [1.807, 2.05) is 48.5 Å². The van der Waals surface area contributed by atoms with Gasteiger partial charge in [-0.3, -0.25) is 9.59 Å². The van der Waals surface area contributed by atoms with E-state index in [1.54, 1.807) is 6.92 Å². The Morgan fingerprint density at radius 3 is 2.23 bits per heavy atom. The molecule has 3 unspecified atom stereocenters. The van der Waals surface area contributed by atoms with E-state index in [1.165, 1.54) is 4.90 Å². The van der Waals surface area contributed by atoms with Gasteiger partial charge in [0.2, 0.25) is 12.3 Å². The van der Waals surface area contributed by atoms with Crippen molar-refractivity contribution in [2.45, 2.75) is 50.6 Å². The molecule has 0 aromatic heterocycles. The molecule has 1 aliphatic heterocycles. The second-order valence-electron chi connectivity index (χ2n) is 9.10. The number of carbonyl (C=O) groups is 3. The lowest BCUT2D eigenvalue weighted by atomic mass is 9.92. The number of fused-ring (bicyclic) bond motifs is 3. The average molecular weight is 487 g/mol. The number of rotatable bonds is 7. The molecule has 1 heterocycles. The van der Waals surface area contributed by atoms with E-state index < -0.39 is 42.8 Å². The second kappa shape index (κ2) is 10.4. The molecule has 3 atom stereocenters. The van der Waals surface area contributed by atoms with Crippen LogP contribution in [0.2, 0.25) is 0 Å². The summed E-state index contributed by atoms with van der Waals surface area (Å²) in [5.41, 5.74) is 4.11. The van der Waals surface area contributed by atoms with Gasteiger partial charge in [-0.2, -0.15) is 0 Å². The van der Waals surface area contributed by atoms with Gasteiger partial charge in [0.25, 0.3) is 0 Å². The summed E-state index contributed by atoms with van der Waals surface area (Å²) < 4.78 is 32.0. The average Bonchev–Trinajstić information content (AvgIpc) is 3.15. The van der Waals surface area contributed by atoms with E-state index >= 15 is 0 Å². The number of alkyl halides is 2. The number of carbonyl (C=O) groups excluding carboxylic acids is 2. The lowest BCUT2D eigenvalue weighted by Gasteiger charge is -2.38. The first-order chi connectivity index (χ1) is 16.8. The Bertz CT molecular complexity index is 1060. The number of likely N-dealkylation sites (tertiary alicyclic amines) is 1. The number of nitrogens with zero attached hydrogens (tertiary/aromatic N) is 1. The predicted octanol–water partition coefficient (Wildman–Crippen LogP) is 4.26. The quantitative estimate of drug-likeness (QED) is 0.610. The third kappa shape index (κ3) is 5.28. The van der Waals surface area contributed by atoms with Gasteiger partial charge in [0.15, 0.2) is 0 Å². The van der Waals surface area contributed by atoms with Crippen molar-refractivity contribution in [1.29, 1.82) is 0 Å². The van der Waals surface area contributed by atoms with Crippen LogP contribution in [0, 0.1) is 5.92 Å². The summed E-state index contributed by atoms with van der Waals surface area (Å²) >= 11 is 0. The van der Waals surface area contributed by atoms with E-state index in [0.717, 1.165) is 22.3 Å². The van der Waals surface area contributed by atoms with Gasteiger partial charge in [-0.25, -0.2) is 13.6 Å². The fraction of sp³-hybridized carbons (Fsp3) is 0.423. The summed E-state index contributed by atoms with van der Waals surface area (Å²) in [6.45, 7) is 1.64. The normalized spacial score (nSPS) is 20.2. The molecule has 1 fully saturated rings. The summed E-state index contributed by atoms with van der Waals surface area (Å²) in [5.74, 6) is -2.74. The van der Waals surface area contributed by atoms with Crippen LogP contribution in [-0.4, -0.2) is 59.6 Å². The molecule has 7 nitrogen and oxygen atoms in total. The molecule has 4 rings (SSSR count). The summed E-state index contributed by atoms with van der Waals surface area (Å²) in [4.78, 5) is 38.3. The van der Waals surface area contributed by atoms with E-state index in [9.17, 15) is 28.3 Å². The molecule has 2 aliphatic rings. The van der Waals surface area contributed by atoms with Gasteiger partial charge in [0.1, 0.15) is 12.6 Å². The number of hydrogen-bond acceptors (Lipinski definition) is 4. The maximum Gasteiger partial charge on any atom is 0.407 e. The molecule has 0 saturated carbocycles. The van der Waals surface area contributed by atoms with Gasteiger partial charge in [0, 0.05) is 24.9 Å². The number of piperidine rings is 1. The number of nitrogens with one attached hydrogen (secondary N) is 1. The molecule has 1 aliphatic carbocycles. The minimum atomic E-state index is -2.84. The number of amides is 2. The van der Waals surface area contributed by atoms with E-state index in [0.29, 0.717) is 12.8 Å². The highest BCUT2D eigenvalue weighted by Crippen LogP contribution is 2.44. The van der Waals surface area contributed by atoms with Crippen molar-refractivity contribution in [3.63, 3.8) is 0 Å². The van der Waals surface area contributed by atoms with Crippen LogP contribution in [0.3, 0.4) is 0 Å². The molecule has 1 saturated heterocycles. The number of halogens is 2. The van der Waals surface area contributed by atoms with Crippen molar-refractivity contribution in [1.82, 2.24) is 10.2 Å². The first-order valence-electron chi connectivity index (χ1n) is 11.7. The van der Waals surface area contributed by atoms with Crippen LogP contribution in [0.5, 0.6) is 0 Å². The SMILES string of the molecule is CC1CCC(C(=O)O)CN1C(=O)C(CC(F)F)NC(=O)OCC1c2ccccc2-c2ccccc21. The fourth-order valence-corrected chi connectivity index (χ4v) is 5.00. The van der Waals surface area contributed by atoms with Gasteiger partial charge in [0.05, 0.1) is 5.92 Å². The largest absolute Gasteiger partial charge is 0.481 e. The Balaban J connectivity index is 1.44. The Labute approximate surface area is 202 Å². The van der Waals surface area contributed by atoms with Crippen molar-refractivity contribution in [2.24, 2.45) is 5.92 Å². The third-order valence-corrected chi connectivity index (χ3v) is 6.86. The summed E-state index contributed by atoms with van der Waals surface area (Å²) in [6, 6.07) is 13.8. The molecule has 2 amide bonds. The second-order valence-corrected chi connectivity index (χ2v) is 9.10. The maximum atomic E-state index is 13.3. The van der Waals surface area contributed by atoms with Gasteiger partial charge in [-0.05, 0) is 42.0 Å². The van der Waals surface area contributed by atoms with Gasteiger partial charge in [-0.15, -0.1) is 0 Å². The van der Waals surface area contributed by atoms with Crippen molar-refractivity contribution < 1.29 is 33.0 Å². The van der Waals surface area contributed by atoms with Crippen LogP contribution in [0.25, 0.3) is 11.1 Å². The highest BCUT2D eigenvalue weighted by Gasteiger charge is 2.37. The van der Waals surface area contributed by atoms with E-state index in [2.05, 4.69) is 5.32 Å². The molecule has 0 spiro atoms. The van der Waals surface area contributed by atoms with E-state index in [4.69, 9.17) is 4.74 Å². The Kier molecular flexibility index (Phi) is 7.33. The van der Waals surface area contributed by atoms with Gasteiger partial charge < -0.3 is 20.1 Å². The standard InChI is InChI=1S/C26H28F2N2O5/c1-15-10-11-16(25(32)33)13-30(15)24(31)22(12-23(27)28)29-26(34)35-14-21-19-8-4-2-6-17(19)18-7-3-5-9-20(18)21/h2-9,15-16,21-23H,10-14H2,1H3,(H,29,34)(H,32,33). The van der Waals surface area contributed by atoms with Crippen molar-refractivity contribution in [3.05, 3.63) is 59.7 Å². The highest BCUT2D eigenvalue weighted by atomic mass is 19.3. The van der Waals surface area contributed by atoms with Crippen molar-refractivity contribution >= 4 is 18.0 Å². The Hall–Kier alpha value is -3.49.